The highest BCUT2D eigenvalue weighted by atomic mass is 14.9. The lowest BCUT2D eigenvalue weighted by atomic mass is 10.0. The van der Waals surface area contributed by atoms with Crippen molar-refractivity contribution in [3.63, 3.8) is 0 Å². The van der Waals surface area contributed by atoms with Gasteiger partial charge in [0.25, 0.3) is 0 Å². The van der Waals surface area contributed by atoms with Gasteiger partial charge in [0.05, 0.1) is 0 Å². The van der Waals surface area contributed by atoms with E-state index in [1.165, 1.54) is 0 Å². The zero-order chi connectivity index (χ0) is 9.41. The maximum Gasteiger partial charge on any atom is 0.00746 e. The minimum atomic E-state index is 0.509. The van der Waals surface area contributed by atoms with E-state index in [-0.39, 0.29) is 0 Å². The molecule has 0 saturated heterocycles. The van der Waals surface area contributed by atoms with Gasteiger partial charge in [-0.2, -0.15) is 0 Å². The molecule has 0 amide bonds. The average Bonchev–Trinajstić information content (AvgIpc) is 2.32. The monoisotopic (exact) mass is 170 g/mol. The summed E-state index contributed by atoms with van der Waals surface area (Å²) in [5, 5.41) is 3.38. The summed E-state index contributed by atoms with van der Waals surface area (Å²) < 4.78 is 0. The van der Waals surface area contributed by atoms with Gasteiger partial charge in [-0.25, -0.2) is 0 Å². The van der Waals surface area contributed by atoms with Gasteiger partial charge in [-0.05, 0) is 23.3 Å². The number of rotatable bonds is 4. The third-order valence-corrected chi connectivity index (χ3v) is 3.99. The number of hydrogen-bond donors (Lipinski definition) is 2. The fraction of sp³-hybridized carbons (Fsp3) is 1.00. The van der Waals surface area contributed by atoms with E-state index in [0.29, 0.717) is 10.8 Å². The molecule has 0 aromatic carbocycles. The molecule has 0 heterocycles. The maximum atomic E-state index is 5.41. The summed E-state index contributed by atoms with van der Waals surface area (Å²) in [6.45, 7) is 12.2. The highest BCUT2D eigenvalue weighted by Crippen LogP contribution is 2.67. The fourth-order valence-electron chi connectivity index (χ4n) is 2.19. The largest absolute Gasteiger partial charge is 0.329 e. The normalized spacial score (nSPS) is 25.8. The molecule has 2 heteroatoms. The molecule has 1 saturated carbocycles. The summed E-state index contributed by atoms with van der Waals surface area (Å²) in [7, 11) is 0. The topological polar surface area (TPSA) is 38.0 Å². The van der Waals surface area contributed by atoms with Crippen molar-refractivity contribution < 1.29 is 0 Å². The van der Waals surface area contributed by atoms with Crippen molar-refractivity contribution in [2.75, 3.05) is 19.6 Å². The first-order chi connectivity index (χ1) is 5.44. The van der Waals surface area contributed by atoms with Crippen molar-refractivity contribution in [3.8, 4) is 0 Å². The Labute approximate surface area is 75.9 Å². The van der Waals surface area contributed by atoms with Crippen LogP contribution in [0.5, 0.6) is 0 Å². The summed E-state index contributed by atoms with van der Waals surface area (Å²) in [6, 6.07) is 0. The Kier molecular flexibility index (Phi) is 2.50. The second-order valence-electron chi connectivity index (χ2n) is 4.99. The molecule has 12 heavy (non-hydrogen) atoms. The third-order valence-electron chi connectivity index (χ3n) is 3.99. The molecule has 3 N–H and O–H groups in total. The molecule has 1 aliphatic carbocycles. The number of nitrogens with two attached hydrogens (primary N) is 1. The summed E-state index contributed by atoms with van der Waals surface area (Å²) in [4.78, 5) is 0. The van der Waals surface area contributed by atoms with Gasteiger partial charge in [0.15, 0.2) is 0 Å². The fourth-order valence-corrected chi connectivity index (χ4v) is 2.19. The van der Waals surface area contributed by atoms with Crippen LogP contribution in [-0.2, 0) is 0 Å². The van der Waals surface area contributed by atoms with Crippen molar-refractivity contribution >= 4 is 0 Å². The van der Waals surface area contributed by atoms with Gasteiger partial charge in [-0.15, -0.1) is 0 Å². The van der Waals surface area contributed by atoms with E-state index in [0.717, 1.165) is 25.6 Å². The predicted molar refractivity (Wildman–Crippen MR) is 53.0 cm³/mol. The van der Waals surface area contributed by atoms with Crippen LogP contribution in [0, 0.1) is 16.7 Å². The molecule has 1 fully saturated rings. The van der Waals surface area contributed by atoms with Crippen LogP contribution < -0.4 is 11.1 Å². The molecule has 0 spiro atoms. The van der Waals surface area contributed by atoms with Gasteiger partial charge < -0.3 is 11.1 Å². The second kappa shape index (κ2) is 3.00. The second-order valence-corrected chi connectivity index (χ2v) is 4.99. The smallest absolute Gasteiger partial charge is 0.00746 e. The Morgan fingerprint density at radius 1 is 1.17 bits per heavy atom. The van der Waals surface area contributed by atoms with Crippen molar-refractivity contribution in [2.24, 2.45) is 22.5 Å². The molecular formula is C10H22N2. The van der Waals surface area contributed by atoms with Gasteiger partial charge in [-0.3, -0.25) is 0 Å². The Morgan fingerprint density at radius 3 is 2.00 bits per heavy atom. The first-order valence-electron chi connectivity index (χ1n) is 4.85. The van der Waals surface area contributed by atoms with Crippen molar-refractivity contribution in [2.45, 2.75) is 27.7 Å². The lowest BCUT2D eigenvalue weighted by Gasteiger charge is -2.04. The van der Waals surface area contributed by atoms with Crippen molar-refractivity contribution in [3.05, 3.63) is 0 Å². The lowest BCUT2D eigenvalue weighted by Crippen LogP contribution is -2.25. The Morgan fingerprint density at radius 2 is 1.67 bits per heavy atom. The van der Waals surface area contributed by atoms with Gasteiger partial charge in [0.2, 0.25) is 0 Å². The van der Waals surface area contributed by atoms with E-state index < -0.39 is 0 Å². The first-order valence-corrected chi connectivity index (χ1v) is 4.85. The molecule has 2 nitrogen and oxygen atoms in total. The summed E-state index contributed by atoms with van der Waals surface area (Å²) in [5.41, 5.74) is 6.42. The van der Waals surface area contributed by atoms with E-state index in [9.17, 15) is 0 Å². The predicted octanol–water partition coefficient (Wildman–Crippen LogP) is 1.22. The molecule has 0 aliphatic heterocycles. The quantitative estimate of drug-likeness (QED) is 0.623. The van der Waals surface area contributed by atoms with Crippen LogP contribution in [0.1, 0.15) is 27.7 Å². The van der Waals surface area contributed by atoms with E-state index in [1.54, 1.807) is 0 Å². The first kappa shape index (κ1) is 10.0. The van der Waals surface area contributed by atoms with Crippen LogP contribution >= 0.6 is 0 Å². The van der Waals surface area contributed by atoms with Crippen molar-refractivity contribution in [1.29, 1.82) is 0 Å². The van der Waals surface area contributed by atoms with Gasteiger partial charge in [-0.1, -0.05) is 27.7 Å². The molecule has 0 atom stereocenters. The van der Waals surface area contributed by atoms with Gasteiger partial charge in [0, 0.05) is 13.1 Å². The van der Waals surface area contributed by atoms with E-state index in [2.05, 4.69) is 33.0 Å². The van der Waals surface area contributed by atoms with Crippen LogP contribution in [0.15, 0.2) is 0 Å². The van der Waals surface area contributed by atoms with Gasteiger partial charge >= 0.3 is 0 Å². The molecule has 0 radical (unpaired) electrons. The summed E-state index contributed by atoms with van der Waals surface area (Å²) in [5.74, 6) is 0.816. The molecule has 72 valence electrons. The lowest BCUT2D eigenvalue weighted by molar-refractivity contribution is 0.457. The Hall–Kier alpha value is -0.0800. The van der Waals surface area contributed by atoms with Crippen LogP contribution in [0.25, 0.3) is 0 Å². The van der Waals surface area contributed by atoms with Crippen LogP contribution in [0.3, 0.4) is 0 Å². The van der Waals surface area contributed by atoms with Gasteiger partial charge in [0.1, 0.15) is 0 Å². The Balaban J connectivity index is 2.29. The number of hydrogen-bond acceptors (Lipinski definition) is 2. The average molecular weight is 170 g/mol. The SMILES string of the molecule is CC1(C)C(CNCCN)C1(C)C. The third kappa shape index (κ3) is 1.38. The molecule has 1 aliphatic rings. The minimum absolute atomic E-state index is 0.509. The number of nitrogens with one attached hydrogen (secondary N) is 1. The minimum Gasteiger partial charge on any atom is -0.329 e. The van der Waals surface area contributed by atoms with Crippen molar-refractivity contribution in [1.82, 2.24) is 5.32 Å². The zero-order valence-electron chi connectivity index (χ0n) is 8.78. The maximum absolute atomic E-state index is 5.41. The molecule has 0 unspecified atom stereocenters. The molecule has 0 aromatic rings. The molecule has 0 bridgehead atoms. The molecule has 1 rings (SSSR count). The highest BCUT2D eigenvalue weighted by Gasteiger charge is 2.63. The summed E-state index contributed by atoms with van der Waals surface area (Å²) in [6.07, 6.45) is 0. The molecular weight excluding hydrogens is 148 g/mol. The molecule has 0 aromatic heterocycles. The van der Waals surface area contributed by atoms with E-state index in [1.807, 2.05) is 0 Å². The van der Waals surface area contributed by atoms with Crippen LogP contribution in [-0.4, -0.2) is 19.6 Å². The highest BCUT2D eigenvalue weighted by molar-refractivity contribution is 5.12. The van der Waals surface area contributed by atoms with E-state index >= 15 is 0 Å². The van der Waals surface area contributed by atoms with Crippen LogP contribution in [0.2, 0.25) is 0 Å². The van der Waals surface area contributed by atoms with Crippen LogP contribution in [0.4, 0.5) is 0 Å². The Bertz CT molecular complexity index is 147. The zero-order valence-corrected chi connectivity index (χ0v) is 8.78. The summed E-state index contributed by atoms with van der Waals surface area (Å²) >= 11 is 0. The van der Waals surface area contributed by atoms with E-state index in [4.69, 9.17) is 5.73 Å². The standard InChI is InChI=1S/C10H22N2/c1-9(2)8(10(9,3)4)7-12-6-5-11/h8,12H,5-7,11H2,1-4H3.